The van der Waals surface area contributed by atoms with Crippen LogP contribution in [0.15, 0.2) is 30.3 Å². The standard InChI is InChI=1S/C21H30N2O6/c1-14(22-20(27)29-21(2,3)4)17(24)11-12-18(25)23-16(19(26)28-5)13-15-9-7-6-8-10-15/h6-10,14,16H,11-13H2,1-5H3,(H,22,27)(H,23,25)/t14-,16-/m0/s1. The van der Waals surface area contributed by atoms with E-state index in [4.69, 9.17) is 9.47 Å². The second-order valence-corrected chi connectivity index (χ2v) is 7.67. The SMILES string of the molecule is COC(=O)[C@H](Cc1ccccc1)NC(=O)CCC(=O)[C@H](C)NC(=O)OC(C)(C)C. The van der Waals surface area contributed by atoms with E-state index in [-0.39, 0.29) is 25.0 Å². The summed E-state index contributed by atoms with van der Waals surface area (Å²) in [6.07, 6.45) is -0.607. The van der Waals surface area contributed by atoms with Crippen molar-refractivity contribution < 1.29 is 28.7 Å². The number of carbonyl (C=O) groups excluding carboxylic acids is 4. The Morgan fingerprint density at radius 3 is 2.17 bits per heavy atom. The predicted octanol–water partition coefficient (Wildman–Crippen LogP) is 2.15. The molecule has 0 radical (unpaired) electrons. The van der Waals surface area contributed by atoms with Gasteiger partial charge in [0.25, 0.3) is 0 Å². The number of esters is 1. The molecular formula is C21H30N2O6. The molecule has 160 valence electrons. The number of nitrogens with one attached hydrogen (secondary N) is 2. The summed E-state index contributed by atoms with van der Waals surface area (Å²) < 4.78 is 9.85. The Bertz CT molecular complexity index is 712. The Morgan fingerprint density at radius 2 is 1.62 bits per heavy atom. The number of Topliss-reactive ketones (excluding diaryl/α,β-unsaturated/α-hetero) is 1. The van der Waals surface area contributed by atoms with Crippen LogP contribution in [0.2, 0.25) is 0 Å². The zero-order chi connectivity index (χ0) is 22.0. The first-order valence-electron chi connectivity index (χ1n) is 9.45. The second kappa shape index (κ2) is 11.2. The maximum atomic E-state index is 12.2. The van der Waals surface area contributed by atoms with Gasteiger partial charge in [0, 0.05) is 19.3 Å². The largest absolute Gasteiger partial charge is 0.467 e. The summed E-state index contributed by atoms with van der Waals surface area (Å²) >= 11 is 0. The molecule has 1 aromatic carbocycles. The van der Waals surface area contributed by atoms with Crippen molar-refractivity contribution in [3.8, 4) is 0 Å². The van der Waals surface area contributed by atoms with Gasteiger partial charge in [-0.15, -0.1) is 0 Å². The maximum absolute atomic E-state index is 12.2. The molecule has 0 saturated carbocycles. The van der Waals surface area contributed by atoms with E-state index < -0.39 is 35.7 Å². The van der Waals surface area contributed by atoms with Crippen LogP contribution in [0, 0.1) is 0 Å². The number of ether oxygens (including phenoxy) is 2. The van der Waals surface area contributed by atoms with E-state index in [0.29, 0.717) is 0 Å². The Kier molecular flexibility index (Phi) is 9.31. The van der Waals surface area contributed by atoms with Crippen molar-refractivity contribution >= 4 is 23.8 Å². The average molecular weight is 406 g/mol. The van der Waals surface area contributed by atoms with Gasteiger partial charge >= 0.3 is 12.1 Å². The van der Waals surface area contributed by atoms with Gasteiger partial charge in [0.05, 0.1) is 13.2 Å². The van der Waals surface area contributed by atoms with Crippen LogP contribution < -0.4 is 10.6 Å². The smallest absolute Gasteiger partial charge is 0.408 e. The lowest BCUT2D eigenvalue weighted by Gasteiger charge is -2.21. The summed E-state index contributed by atoms with van der Waals surface area (Å²) in [6, 6.07) is 7.58. The molecular weight excluding hydrogens is 376 g/mol. The van der Waals surface area contributed by atoms with Crippen LogP contribution in [0.3, 0.4) is 0 Å². The Hall–Kier alpha value is -2.90. The third-order valence-corrected chi connectivity index (χ3v) is 3.92. The molecule has 0 saturated heterocycles. The van der Waals surface area contributed by atoms with Crippen molar-refractivity contribution in [3.63, 3.8) is 0 Å². The fraction of sp³-hybridized carbons (Fsp3) is 0.524. The minimum Gasteiger partial charge on any atom is -0.467 e. The third kappa shape index (κ3) is 9.73. The minimum atomic E-state index is -0.845. The van der Waals surface area contributed by atoms with Crippen LogP contribution in [-0.2, 0) is 30.3 Å². The third-order valence-electron chi connectivity index (χ3n) is 3.92. The number of rotatable bonds is 9. The topological polar surface area (TPSA) is 111 Å². The predicted molar refractivity (Wildman–Crippen MR) is 107 cm³/mol. The average Bonchev–Trinajstić information content (AvgIpc) is 2.64. The van der Waals surface area contributed by atoms with Crippen molar-refractivity contribution in [2.75, 3.05) is 7.11 Å². The molecule has 29 heavy (non-hydrogen) atoms. The zero-order valence-corrected chi connectivity index (χ0v) is 17.6. The van der Waals surface area contributed by atoms with E-state index in [1.165, 1.54) is 14.0 Å². The summed E-state index contributed by atoms with van der Waals surface area (Å²) in [5.74, 6) is -1.33. The van der Waals surface area contributed by atoms with Crippen LogP contribution in [0.5, 0.6) is 0 Å². The molecule has 2 amide bonds. The summed E-state index contributed by atoms with van der Waals surface area (Å²) in [7, 11) is 1.25. The van der Waals surface area contributed by atoms with E-state index in [2.05, 4.69) is 10.6 Å². The van der Waals surface area contributed by atoms with Crippen molar-refractivity contribution in [3.05, 3.63) is 35.9 Å². The highest BCUT2D eigenvalue weighted by atomic mass is 16.6. The van der Waals surface area contributed by atoms with Gasteiger partial charge in [-0.25, -0.2) is 9.59 Å². The van der Waals surface area contributed by atoms with Crippen LogP contribution in [0.1, 0.15) is 46.1 Å². The van der Waals surface area contributed by atoms with E-state index in [1.54, 1.807) is 20.8 Å². The first kappa shape index (κ1) is 24.1. The number of alkyl carbamates (subject to hydrolysis) is 1. The van der Waals surface area contributed by atoms with Gasteiger partial charge in [-0.1, -0.05) is 30.3 Å². The lowest BCUT2D eigenvalue weighted by atomic mass is 10.1. The number of ketones is 1. The summed E-state index contributed by atoms with van der Waals surface area (Å²) in [4.78, 5) is 48.1. The van der Waals surface area contributed by atoms with Crippen LogP contribution in [0.4, 0.5) is 4.79 Å². The summed E-state index contributed by atoms with van der Waals surface area (Å²) in [6.45, 7) is 6.68. The number of carbonyl (C=O) groups is 4. The molecule has 0 unspecified atom stereocenters. The highest BCUT2D eigenvalue weighted by molar-refractivity contribution is 5.91. The van der Waals surface area contributed by atoms with Gasteiger partial charge in [-0.2, -0.15) is 0 Å². The maximum Gasteiger partial charge on any atom is 0.408 e. The van der Waals surface area contributed by atoms with Gasteiger partial charge in [-0.05, 0) is 33.3 Å². The molecule has 8 nitrogen and oxygen atoms in total. The Morgan fingerprint density at radius 1 is 1.00 bits per heavy atom. The molecule has 0 aliphatic carbocycles. The summed E-state index contributed by atoms with van der Waals surface area (Å²) in [5.41, 5.74) is 0.198. The molecule has 1 rings (SSSR count). The van der Waals surface area contributed by atoms with Gasteiger partial charge in [0.1, 0.15) is 11.6 Å². The molecule has 0 aliphatic rings. The van der Waals surface area contributed by atoms with Crippen LogP contribution in [-0.4, -0.2) is 48.5 Å². The molecule has 2 N–H and O–H groups in total. The minimum absolute atomic E-state index is 0.0813. The molecule has 2 atom stereocenters. The number of amides is 2. The zero-order valence-electron chi connectivity index (χ0n) is 17.6. The molecule has 8 heteroatoms. The molecule has 1 aromatic rings. The Labute approximate surface area is 171 Å². The van der Waals surface area contributed by atoms with E-state index in [9.17, 15) is 19.2 Å². The van der Waals surface area contributed by atoms with Gasteiger partial charge in [0.15, 0.2) is 5.78 Å². The fourth-order valence-corrected chi connectivity index (χ4v) is 2.47. The molecule has 0 aliphatic heterocycles. The number of hydrogen-bond acceptors (Lipinski definition) is 6. The highest BCUT2D eigenvalue weighted by Crippen LogP contribution is 2.08. The van der Waals surface area contributed by atoms with Crippen molar-refractivity contribution in [2.45, 2.75) is 64.6 Å². The van der Waals surface area contributed by atoms with Crippen molar-refractivity contribution in [1.29, 1.82) is 0 Å². The monoisotopic (exact) mass is 406 g/mol. The van der Waals surface area contributed by atoms with Gasteiger partial charge in [-0.3, -0.25) is 9.59 Å². The molecule has 0 fully saturated rings. The van der Waals surface area contributed by atoms with Crippen LogP contribution in [0.25, 0.3) is 0 Å². The molecule has 0 spiro atoms. The number of benzene rings is 1. The first-order valence-corrected chi connectivity index (χ1v) is 9.45. The molecule has 0 heterocycles. The van der Waals surface area contributed by atoms with E-state index in [0.717, 1.165) is 5.56 Å². The first-order chi connectivity index (χ1) is 13.5. The number of methoxy groups -OCH3 is 1. The van der Waals surface area contributed by atoms with E-state index in [1.807, 2.05) is 30.3 Å². The van der Waals surface area contributed by atoms with Crippen molar-refractivity contribution in [1.82, 2.24) is 10.6 Å². The normalized spacial score (nSPS) is 13.0. The lowest BCUT2D eigenvalue weighted by Crippen LogP contribution is -2.44. The second-order valence-electron chi connectivity index (χ2n) is 7.67. The Balaban J connectivity index is 2.53. The van der Waals surface area contributed by atoms with Crippen LogP contribution >= 0.6 is 0 Å². The fourth-order valence-electron chi connectivity index (χ4n) is 2.47. The summed E-state index contributed by atoms with van der Waals surface area (Å²) in [5, 5.41) is 5.05. The van der Waals surface area contributed by atoms with Crippen molar-refractivity contribution in [2.24, 2.45) is 0 Å². The molecule has 0 bridgehead atoms. The van der Waals surface area contributed by atoms with Gasteiger partial charge in [0.2, 0.25) is 5.91 Å². The van der Waals surface area contributed by atoms with Gasteiger partial charge < -0.3 is 20.1 Å². The lowest BCUT2D eigenvalue weighted by molar-refractivity contribution is -0.145. The highest BCUT2D eigenvalue weighted by Gasteiger charge is 2.24. The quantitative estimate of drug-likeness (QED) is 0.608. The van der Waals surface area contributed by atoms with E-state index >= 15 is 0 Å². The molecule has 0 aromatic heterocycles. The number of hydrogen-bond donors (Lipinski definition) is 2.